The van der Waals surface area contributed by atoms with Crippen LogP contribution in [0.25, 0.3) is 10.8 Å². The van der Waals surface area contributed by atoms with Gasteiger partial charge in [-0.05, 0) is 35.0 Å². The molecule has 100 valence electrons. The third-order valence-electron chi connectivity index (χ3n) is 3.02. The maximum absolute atomic E-state index is 11.3. The van der Waals surface area contributed by atoms with E-state index >= 15 is 0 Å². The summed E-state index contributed by atoms with van der Waals surface area (Å²) in [7, 11) is 1.41. The lowest BCUT2D eigenvalue weighted by Gasteiger charge is -2.12. The predicted molar refractivity (Wildman–Crippen MR) is 81.3 cm³/mol. The molecule has 0 fully saturated rings. The first-order valence-electron chi connectivity index (χ1n) is 6.11. The van der Waals surface area contributed by atoms with Crippen molar-refractivity contribution in [3.05, 3.63) is 40.9 Å². The van der Waals surface area contributed by atoms with E-state index < -0.39 is 0 Å². The van der Waals surface area contributed by atoms with Crippen molar-refractivity contribution in [3.63, 3.8) is 0 Å². The second kappa shape index (κ2) is 6.06. The van der Waals surface area contributed by atoms with Crippen LogP contribution >= 0.6 is 15.9 Å². The highest BCUT2D eigenvalue weighted by molar-refractivity contribution is 9.10. The Kier molecular flexibility index (Phi) is 4.43. The van der Waals surface area contributed by atoms with Crippen LogP contribution in [0.2, 0.25) is 0 Å². The van der Waals surface area contributed by atoms with Crippen molar-refractivity contribution in [3.8, 4) is 0 Å². The number of nitrogens with one attached hydrogen (secondary N) is 1. The van der Waals surface area contributed by atoms with Crippen molar-refractivity contribution in [2.75, 3.05) is 19.0 Å². The van der Waals surface area contributed by atoms with E-state index in [-0.39, 0.29) is 11.9 Å². The van der Waals surface area contributed by atoms with Crippen LogP contribution in [0.15, 0.2) is 40.9 Å². The summed E-state index contributed by atoms with van der Waals surface area (Å²) in [6.45, 7) is 2.41. The van der Waals surface area contributed by atoms with Gasteiger partial charge in [0.25, 0.3) is 0 Å². The lowest BCUT2D eigenvalue weighted by atomic mass is 10.1. The van der Waals surface area contributed by atoms with Gasteiger partial charge >= 0.3 is 5.97 Å². The van der Waals surface area contributed by atoms with Crippen LogP contribution in [0, 0.1) is 5.92 Å². The zero-order valence-electron chi connectivity index (χ0n) is 10.9. The summed E-state index contributed by atoms with van der Waals surface area (Å²) in [4.78, 5) is 11.3. The first-order chi connectivity index (χ1) is 9.10. The number of methoxy groups -OCH3 is 1. The molecule has 3 nitrogen and oxygen atoms in total. The van der Waals surface area contributed by atoms with Crippen molar-refractivity contribution in [1.82, 2.24) is 0 Å². The fraction of sp³-hybridized carbons (Fsp3) is 0.267. The molecule has 0 aliphatic rings. The summed E-state index contributed by atoms with van der Waals surface area (Å²) in [5, 5.41) is 5.60. The van der Waals surface area contributed by atoms with Gasteiger partial charge in [-0.15, -0.1) is 0 Å². The van der Waals surface area contributed by atoms with Gasteiger partial charge in [0.05, 0.1) is 13.0 Å². The molecule has 0 amide bonds. The van der Waals surface area contributed by atoms with Crippen LogP contribution < -0.4 is 5.32 Å². The van der Waals surface area contributed by atoms with E-state index in [1.54, 1.807) is 0 Å². The third-order valence-corrected chi connectivity index (χ3v) is 3.51. The number of fused-ring (bicyclic) bond motifs is 1. The Bertz CT molecular complexity index is 598. The Hall–Kier alpha value is -1.55. The SMILES string of the molecule is COC(=O)C(C)CNc1ccc2cc(Br)ccc2c1. The number of rotatable bonds is 4. The number of esters is 1. The van der Waals surface area contributed by atoms with Crippen molar-refractivity contribution >= 4 is 38.4 Å². The molecule has 0 heterocycles. The van der Waals surface area contributed by atoms with Gasteiger partial charge in [0.2, 0.25) is 0 Å². The van der Waals surface area contributed by atoms with Crippen molar-refractivity contribution in [1.29, 1.82) is 0 Å². The number of hydrogen-bond donors (Lipinski definition) is 1. The van der Waals surface area contributed by atoms with Gasteiger partial charge in [-0.1, -0.05) is 35.0 Å². The van der Waals surface area contributed by atoms with E-state index in [0.29, 0.717) is 6.54 Å². The molecule has 0 radical (unpaired) electrons. The van der Waals surface area contributed by atoms with Crippen molar-refractivity contribution < 1.29 is 9.53 Å². The van der Waals surface area contributed by atoms with E-state index in [2.05, 4.69) is 45.5 Å². The maximum atomic E-state index is 11.3. The molecular weight excluding hydrogens is 306 g/mol. The van der Waals surface area contributed by atoms with Gasteiger partial charge in [-0.3, -0.25) is 4.79 Å². The monoisotopic (exact) mass is 321 g/mol. The quantitative estimate of drug-likeness (QED) is 0.870. The summed E-state index contributed by atoms with van der Waals surface area (Å²) in [6.07, 6.45) is 0. The molecule has 0 aromatic heterocycles. The number of hydrogen-bond acceptors (Lipinski definition) is 3. The topological polar surface area (TPSA) is 38.3 Å². The van der Waals surface area contributed by atoms with Gasteiger partial charge in [0, 0.05) is 16.7 Å². The Morgan fingerprint density at radius 2 is 1.95 bits per heavy atom. The number of carbonyl (C=O) groups is 1. The predicted octanol–water partition coefficient (Wildman–Crippen LogP) is 3.82. The highest BCUT2D eigenvalue weighted by Crippen LogP contribution is 2.23. The van der Waals surface area contributed by atoms with Crippen LogP contribution in [0.5, 0.6) is 0 Å². The molecule has 0 bridgehead atoms. The molecule has 2 aromatic rings. The van der Waals surface area contributed by atoms with Crippen molar-refractivity contribution in [2.45, 2.75) is 6.92 Å². The summed E-state index contributed by atoms with van der Waals surface area (Å²) in [5.74, 6) is -0.358. The molecule has 0 saturated heterocycles. The minimum Gasteiger partial charge on any atom is -0.469 e. The molecule has 2 aromatic carbocycles. The number of carbonyl (C=O) groups excluding carboxylic acids is 1. The van der Waals surface area contributed by atoms with E-state index in [9.17, 15) is 4.79 Å². The zero-order chi connectivity index (χ0) is 13.8. The highest BCUT2D eigenvalue weighted by Gasteiger charge is 2.12. The summed E-state index contributed by atoms with van der Waals surface area (Å²) >= 11 is 3.46. The van der Waals surface area contributed by atoms with Crippen LogP contribution in [0.4, 0.5) is 5.69 Å². The summed E-state index contributed by atoms with van der Waals surface area (Å²) < 4.78 is 5.77. The standard InChI is InChI=1S/C15H16BrNO2/c1-10(15(18)19-2)9-17-14-6-4-11-7-13(16)5-3-12(11)8-14/h3-8,10,17H,9H2,1-2H3. The Morgan fingerprint density at radius 1 is 1.26 bits per heavy atom. The molecule has 1 atom stereocenters. The average Bonchev–Trinajstić information content (AvgIpc) is 2.43. The molecule has 1 unspecified atom stereocenters. The fourth-order valence-corrected chi connectivity index (χ4v) is 2.26. The van der Waals surface area contributed by atoms with E-state index in [4.69, 9.17) is 4.74 Å². The molecule has 0 spiro atoms. The van der Waals surface area contributed by atoms with Crippen molar-refractivity contribution in [2.24, 2.45) is 5.92 Å². The molecule has 0 aliphatic carbocycles. The van der Waals surface area contributed by atoms with Crippen LogP contribution in [0.1, 0.15) is 6.92 Å². The lowest BCUT2D eigenvalue weighted by Crippen LogP contribution is -2.21. The number of benzene rings is 2. The second-order valence-electron chi connectivity index (χ2n) is 4.51. The van der Waals surface area contributed by atoms with Gasteiger partial charge in [-0.2, -0.15) is 0 Å². The Morgan fingerprint density at radius 3 is 2.68 bits per heavy atom. The molecular formula is C15H16BrNO2. The van der Waals surface area contributed by atoms with Gasteiger partial charge in [-0.25, -0.2) is 0 Å². The Balaban J connectivity index is 2.09. The van der Waals surface area contributed by atoms with Crippen LogP contribution in [0.3, 0.4) is 0 Å². The summed E-state index contributed by atoms with van der Waals surface area (Å²) in [6, 6.07) is 12.3. The van der Waals surface area contributed by atoms with E-state index in [1.807, 2.05) is 19.1 Å². The second-order valence-corrected chi connectivity index (χ2v) is 5.43. The van der Waals surface area contributed by atoms with Gasteiger partial charge in [0.1, 0.15) is 0 Å². The maximum Gasteiger partial charge on any atom is 0.310 e. The van der Waals surface area contributed by atoms with E-state index in [1.165, 1.54) is 17.9 Å². The minimum atomic E-state index is -0.197. The minimum absolute atomic E-state index is 0.161. The number of anilines is 1. The average molecular weight is 322 g/mol. The first kappa shape index (κ1) is 13.9. The van der Waals surface area contributed by atoms with Crippen LogP contribution in [-0.4, -0.2) is 19.6 Å². The van der Waals surface area contributed by atoms with Gasteiger partial charge < -0.3 is 10.1 Å². The molecule has 4 heteroatoms. The first-order valence-corrected chi connectivity index (χ1v) is 6.90. The third kappa shape index (κ3) is 3.47. The fourth-order valence-electron chi connectivity index (χ4n) is 1.88. The number of ether oxygens (including phenoxy) is 1. The van der Waals surface area contributed by atoms with E-state index in [0.717, 1.165) is 10.2 Å². The normalized spacial score (nSPS) is 12.2. The zero-order valence-corrected chi connectivity index (χ0v) is 12.5. The highest BCUT2D eigenvalue weighted by atomic mass is 79.9. The summed E-state index contributed by atoms with van der Waals surface area (Å²) in [5.41, 5.74) is 1.01. The Labute approximate surface area is 121 Å². The van der Waals surface area contributed by atoms with Gasteiger partial charge in [0.15, 0.2) is 0 Å². The molecule has 0 aliphatic heterocycles. The molecule has 19 heavy (non-hydrogen) atoms. The molecule has 1 N–H and O–H groups in total. The largest absolute Gasteiger partial charge is 0.469 e. The smallest absolute Gasteiger partial charge is 0.310 e. The number of halogens is 1. The lowest BCUT2D eigenvalue weighted by molar-refractivity contribution is -0.144. The molecule has 2 rings (SSSR count). The molecule has 0 saturated carbocycles. The van der Waals surface area contributed by atoms with Crippen LogP contribution in [-0.2, 0) is 9.53 Å².